The van der Waals surface area contributed by atoms with Gasteiger partial charge in [0.15, 0.2) is 0 Å². The van der Waals surface area contributed by atoms with Crippen molar-refractivity contribution in [1.29, 1.82) is 0 Å². The number of likely N-dealkylation sites (N-methyl/N-ethyl adjacent to an activating group) is 1. The number of amides is 1. The third kappa shape index (κ3) is 4.16. The van der Waals surface area contributed by atoms with E-state index in [0.717, 1.165) is 48.9 Å². The van der Waals surface area contributed by atoms with Gasteiger partial charge in [-0.15, -0.1) is 23.1 Å². The number of carbonyl (C=O) groups is 1. The van der Waals surface area contributed by atoms with Gasteiger partial charge in [0.25, 0.3) is 5.91 Å². The fourth-order valence-electron chi connectivity index (χ4n) is 2.75. The summed E-state index contributed by atoms with van der Waals surface area (Å²) in [6.07, 6.45) is 0. The largest absolute Gasteiger partial charge is 0.336 e. The maximum absolute atomic E-state index is 12.9. The van der Waals surface area contributed by atoms with Crippen molar-refractivity contribution in [2.24, 2.45) is 0 Å². The van der Waals surface area contributed by atoms with Gasteiger partial charge >= 0.3 is 0 Å². The molecule has 2 heterocycles. The summed E-state index contributed by atoms with van der Waals surface area (Å²) >= 11 is 3.52. The summed E-state index contributed by atoms with van der Waals surface area (Å²) in [6, 6.07) is 12.2. The van der Waals surface area contributed by atoms with Crippen LogP contribution in [0.4, 0.5) is 0 Å². The molecule has 1 aliphatic heterocycles. The monoisotopic (exact) mass is 346 g/mol. The van der Waals surface area contributed by atoms with Gasteiger partial charge in [-0.2, -0.15) is 0 Å². The van der Waals surface area contributed by atoms with Crippen LogP contribution in [0.25, 0.3) is 0 Å². The van der Waals surface area contributed by atoms with Gasteiger partial charge in [-0.3, -0.25) is 4.79 Å². The highest BCUT2D eigenvalue weighted by atomic mass is 32.2. The predicted octanol–water partition coefficient (Wildman–Crippen LogP) is 3.82. The molecule has 1 amide bonds. The van der Waals surface area contributed by atoms with Crippen molar-refractivity contribution in [3.8, 4) is 0 Å². The topological polar surface area (TPSA) is 23.6 Å². The molecule has 0 atom stereocenters. The fourth-order valence-corrected chi connectivity index (χ4v) is 4.57. The highest BCUT2D eigenvalue weighted by Gasteiger charge is 2.23. The summed E-state index contributed by atoms with van der Waals surface area (Å²) in [5, 5.41) is 2.10. The number of hydrogen-bond acceptors (Lipinski definition) is 4. The van der Waals surface area contributed by atoms with E-state index >= 15 is 0 Å². The second-order valence-electron chi connectivity index (χ2n) is 5.59. The van der Waals surface area contributed by atoms with Gasteiger partial charge in [0.1, 0.15) is 0 Å². The lowest BCUT2D eigenvalue weighted by Gasteiger charge is -2.34. The highest BCUT2D eigenvalue weighted by molar-refractivity contribution is 7.98. The lowest BCUT2D eigenvalue weighted by atomic mass is 10.2. The third-order valence-corrected chi connectivity index (χ3v) is 6.36. The molecule has 1 aromatic carbocycles. The first-order valence-electron chi connectivity index (χ1n) is 8.03. The molecule has 0 bridgehead atoms. The van der Waals surface area contributed by atoms with Crippen molar-refractivity contribution >= 4 is 29.0 Å². The molecule has 0 unspecified atom stereocenters. The van der Waals surface area contributed by atoms with E-state index in [9.17, 15) is 4.79 Å². The molecule has 0 N–H and O–H groups in total. The Morgan fingerprint density at radius 1 is 1.13 bits per heavy atom. The van der Waals surface area contributed by atoms with Gasteiger partial charge in [-0.1, -0.05) is 25.1 Å². The third-order valence-electron chi connectivity index (χ3n) is 4.17. The Morgan fingerprint density at radius 2 is 1.91 bits per heavy atom. The standard InChI is InChI=1S/C18H22N2OS2/c1-2-19-9-11-20(12-10-19)18(21)16-7-3-4-8-17(16)23-14-15-6-5-13-22-15/h3-8,13H,2,9-12,14H2,1H3. The molecule has 0 aliphatic carbocycles. The average Bonchev–Trinajstić information content (AvgIpc) is 3.13. The van der Waals surface area contributed by atoms with Crippen molar-refractivity contribution in [2.75, 3.05) is 32.7 Å². The summed E-state index contributed by atoms with van der Waals surface area (Å²) in [5.74, 6) is 1.10. The molecule has 122 valence electrons. The molecule has 0 saturated carbocycles. The molecule has 5 heteroatoms. The van der Waals surface area contributed by atoms with Gasteiger partial charge in [0.2, 0.25) is 0 Å². The zero-order chi connectivity index (χ0) is 16.1. The molecule has 23 heavy (non-hydrogen) atoms. The quantitative estimate of drug-likeness (QED) is 0.769. The maximum atomic E-state index is 12.9. The molecule has 3 nitrogen and oxygen atoms in total. The zero-order valence-corrected chi connectivity index (χ0v) is 15.0. The molecule has 2 aromatic rings. The second-order valence-corrected chi connectivity index (χ2v) is 7.64. The van der Waals surface area contributed by atoms with Crippen molar-refractivity contribution < 1.29 is 4.79 Å². The average molecular weight is 347 g/mol. The molecule has 0 radical (unpaired) electrons. The van der Waals surface area contributed by atoms with E-state index in [1.807, 2.05) is 23.1 Å². The Morgan fingerprint density at radius 3 is 2.61 bits per heavy atom. The smallest absolute Gasteiger partial charge is 0.255 e. The maximum Gasteiger partial charge on any atom is 0.255 e. The summed E-state index contributed by atoms with van der Waals surface area (Å²) in [7, 11) is 0. The number of thioether (sulfide) groups is 1. The first kappa shape index (κ1) is 16.6. The number of nitrogens with zero attached hydrogens (tertiary/aromatic N) is 2. The molecular weight excluding hydrogens is 324 g/mol. The van der Waals surface area contributed by atoms with Crippen LogP contribution in [0.5, 0.6) is 0 Å². The van der Waals surface area contributed by atoms with Crippen LogP contribution in [0.3, 0.4) is 0 Å². The molecule has 1 aliphatic rings. The van der Waals surface area contributed by atoms with Gasteiger partial charge < -0.3 is 9.80 Å². The molecule has 1 fully saturated rings. The van der Waals surface area contributed by atoms with Crippen molar-refractivity contribution in [1.82, 2.24) is 9.80 Å². The van der Waals surface area contributed by atoms with E-state index in [4.69, 9.17) is 0 Å². The Labute approximate surface area is 146 Å². The normalized spacial score (nSPS) is 15.8. The molecular formula is C18H22N2OS2. The number of carbonyl (C=O) groups excluding carboxylic acids is 1. The van der Waals surface area contributed by atoms with Crippen LogP contribution >= 0.6 is 23.1 Å². The van der Waals surface area contributed by atoms with Crippen molar-refractivity contribution in [2.45, 2.75) is 17.6 Å². The van der Waals surface area contributed by atoms with E-state index in [0.29, 0.717) is 0 Å². The minimum absolute atomic E-state index is 0.176. The lowest BCUT2D eigenvalue weighted by molar-refractivity contribution is 0.0640. The summed E-state index contributed by atoms with van der Waals surface area (Å²) in [4.78, 5) is 19.7. The number of benzene rings is 1. The van der Waals surface area contributed by atoms with Crippen LogP contribution in [0.1, 0.15) is 22.2 Å². The number of thiophene rings is 1. The Kier molecular flexibility index (Phi) is 5.75. The van der Waals surface area contributed by atoms with E-state index in [1.54, 1.807) is 23.1 Å². The summed E-state index contributed by atoms with van der Waals surface area (Å²) < 4.78 is 0. The van der Waals surface area contributed by atoms with Gasteiger partial charge in [-0.05, 0) is 30.1 Å². The highest BCUT2D eigenvalue weighted by Crippen LogP contribution is 2.28. The fraction of sp³-hybridized carbons (Fsp3) is 0.389. The number of rotatable bonds is 5. The van der Waals surface area contributed by atoms with Crippen LogP contribution in [0.15, 0.2) is 46.7 Å². The van der Waals surface area contributed by atoms with Crippen LogP contribution in [0, 0.1) is 0 Å². The molecule has 0 spiro atoms. The minimum Gasteiger partial charge on any atom is -0.336 e. The van der Waals surface area contributed by atoms with E-state index in [1.165, 1.54) is 4.88 Å². The van der Waals surface area contributed by atoms with E-state index in [-0.39, 0.29) is 5.91 Å². The number of piperazine rings is 1. The van der Waals surface area contributed by atoms with Gasteiger partial charge in [-0.25, -0.2) is 0 Å². The van der Waals surface area contributed by atoms with Crippen molar-refractivity contribution in [3.63, 3.8) is 0 Å². The first-order valence-corrected chi connectivity index (χ1v) is 9.90. The van der Waals surface area contributed by atoms with E-state index in [2.05, 4.69) is 35.4 Å². The molecule has 1 saturated heterocycles. The van der Waals surface area contributed by atoms with E-state index < -0.39 is 0 Å². The summed E-state index contributed by atoms with van der Waals surface area (Å²) in [6.45, 7) is 6.86. The SMILES string of the molecule is CCN1CCN(C(=O)c2ccccc2SCc2cccs2)CC1. The predicted molar refractivity (Wildman–Crippen MR) is 98.3 cm³/mol. The lowest BCUT2D eigenvalue weighted by Crippen LogP contribution is -2.48. The summed E-state index contributed by atoms with van der Waals surface area (Å²) in [5.41, 5.74) is 0.846. The Hall–Kier alpha value is -1.30. The van der Waals surface area contributed by atoms with Crippen LogP contribution in [0.2, 0.25) is 0 Å². The zero-order valence-electron chi connectivity index (χ0n) is 13.4. The van der Waals surface area contributed by atoms with Crippen LogP contribution < -0.4 is 0 Å². The Bertz CT molecular complexity index is 634. The van der Waals surface area contributed by atoms with Gasteiger partial charge in [0.05, 0.1) is 5.56 Å². The van der Waals surface area contributed by atoms with Crippen LogP contribution in [-0.2, 0) is 5.75 Å². The Balaban J connectivity index is 1.68. The minimum atomic E-state index is 0.176. The number of hydrogen-bond donors (Lipinski definition) is 0. The molecule has 3 rings (SSSR count). The van der Waals surface area contributed by atoms with Gasteiger partial charge in [0, 0.05) is 41.7 Å². The van der Waals surface area contributed by atoms with Crippen molar-refractivity contribution in [3.05, 3.63) is 52.2 Å². The van der Waals surface area contributed by atoms with Crippen LogP contribution in [-0.4, -0.2) is 48.4 Å². The molecule has 1 aromatic heterocycles. The first-order chi connectivity index (χ1) is 11.3. The second kappa shape index (κ2) is 7.99.